The van der Waals surface area contributed by atoms with E-state index in [4.69, 9.17) is 0 Å². The van der Waals surface area contributed by atoms with Gasteiger partial charge in [0.15, 0.2) is 5.78 Å². The first-order valence-corrected chi connectivity index (χ1v) is 5.74. The van der Waals surface area contributed by atoms with Crippen LogP contribution in [-0.2, 0) is 0 Å². The van der Waals surface area contributed by atoms with Gasteiger partial charge in [0.1, 0.15) is 0 Å². The van der Waals surface area contributed by atoms with Crippen LogP contribution < -0.4 is 0 Å². The summed E-state index contributed by atoms with van der Waals surface area (Å²) >= 11 is 0. The molecular weight excluding hydrogens is 210 g/mol. The zero-order valence-electron chi connectivity index (χ0n) is 10.1. The largest absolute Gasteiger partial charge is 0.294 e. The number of carbonyl (C=O) groups is 1. The summed E-state index contributed by atoms with van der Waals surface area (Å²) < 4.78 is 0. The van der Waals surface area contributed by atoms with E-state index in [-0.39, 0.29) is 11.7 Å². The molecule has 2 aromatic rings. The molecule has 86 valence electrons. The number of pyridine rings is 1. The number of aromatic nitrogens is 1. The highest BCUT2D eigenvalue weighted by molar-refractivity contribution is 5.98. The first-order valence-electron chi connectivity index (χ1n) is 5.74. The molecular formula is C15H15NO. The van der Waals surface area contributed by atoms with Crippen LogP contribution in [0.25, 0.3) is 11.3 Å². The van der Waals surface area contributed by atoms with E-state index in [1.807, 2.05) is 50.2 Å². The molecule has 2 heteroatoms. The van der Waals surface area contributed by atoms with Crippen molar-refractivity contribution in [3.63, 3.8) is 0 Å². The third-order valence-electron chi connectivity index (χ3n) is 2.64. The second-order valence-electron chi connectivity index (χ2n) is 4.31. The van der Waals surface area contributed by atoms with E-state index in [9.17, 15) is 4.79 Å². The number of rotatable bonds is 3. The van der Waals surface area contributed by atoms with Gasteiger partial charge in [-0.3, -0.25) is 9.78 Å². The van der Waals surface area contributed by atoms with E-state index in [0.29, 0.717) is 0 Å². The summed E-state index contributed by atoms with van der Waals surface area (Å²) in [5.74, 6) is 0.172. The molecule has 1 aromatic carbocycles. The van der Waals surface area contributed by atoms with Gasteiger partial charge in [0.05, 0.1) is 5.69 Å². The van der Waals surface area contributed by atoms with Crippen LogP contribution in [-0.4, -0.2) is 10.8 Å². The number of hydrogen-bond acceptors (Lipinski definition) is 2. The third-order valence-corrected chi connectivity index (χ3v) is 2.64. The molecule has 17 heavy (non-hydrogen) atoms. The zero-order valence-corrected chi connectivity index (χ0v) is 10.1. The molecule has 1 aromatic heterocycles. The fourth-order valence-electron chi connectivity index (χ4n) is 1.68. The first-order chi connectivity index (χ1) is 8.18. The van der Waals surface area contributed by atoms with E-state index >= 15 is 0 Å². The van der Waals surface area contributed by atoms with Gasteiger partial charge in [-0.1, -0.05) is 44.2 Å². The minimum absolute atomic E-state index is 0.0148. The first kappa shape index (κ1) is 11.5. The standard InChI is InChI=1S/C15H15NO/c1-11(2)15(17)13-8-9-16-14(10-13)12-6-4-3-5-7-12/h3-11H,1-2H3. The third kappa shape index (κ3) is 2.59. The molecule has 0 unspecified atom stereocenters. The molecule has 2 rings (SSSR count). The van der Waals surface area contributed by atoms with E-state index < -0.39 is 0 Å². The predicted octanol–water partition coefficient (Wildman–Crippen LogP) is 3.59. The van der Waals surface area contributed by atoms with E-state index in [1.165, 1.54) is 0 Å². The smallest absolute Gasteiger partial charge is 0.165 e. The quantitative estimate of drug-likeness (QED) is 0.747. The summed E-state index contributed by atoms with van der Waals surface area (Å²) in [4.78, 5) is 16.2. The molecule has 0 saturated heterocycles. The second kappa shape index (κ2) is 4.91. The van der Waals surface area contributed by atoms with Crippen LogP contribution in [0.3, 0.4) is 0 Å². The molecule has 0 aliphatic heterocycles. The summed E-state index contributed by atoms with van der Waals surface area (Å²) in [5.41, 5.74) is 2.61. The highest BCUT2D eigenvalue weighted by Crippen LogP contribution is 2.18. The molecule has 0 atom stereocenters. The van der Waals surface area contributed by atoms with Crippen LogP contribution in [0.1, 0.15) is 24.2 Å². The lowest BCUT2D eigenvalue weighted by Crippen LogP contribution is -2.07. The Kier molecular flexibility index (Phi) is 3.33. The molecule has 0 N–H and O–H groups in total. The number of carbonyl (C=O) groups excluding carboxylic acids is 1. The number of benzene rings is 1. The van der Waals surface area contributed by atoms with Crippen molar-refractivity contribution in [3.05, 3.63) is 54.2 Å². The monoisotopic (exact) mass is 225 g/mol. The maximum Gasteiger partial charge on any atom is 0.165 e. The van der Waals surface area contributed by atoms with Crippen molar-refractivity contribution in [2.45, 2.75) is 13.8 Å². The van der Waals surface area contributed by atoms with Crippen LogP contribution in [0.15, 0.2) is 48.7 Å². The lowest BCUT2D eigenvalue weighted by molar-refractivity contribution is 0.0939. The van der Waals surface area contributed by atoms with Gasteiger partial charge in [0.2, 0.25) is 0 Å². The van der Waals surface area contributed by atoms with Crippen molar-refractivity contribution in [3.8, 4) is 11.3 Å². The predicted molar refractivity (Wildman–Crippen MR) is 68.8 cm³/mol. The highest BCUT2D eigenvalue weighted by Gasteiger charge is 2.11. The maximum atomic E-state index is 11.9. The summed E-state index contributed by atoms with van der Waals surface area (Å²) in [5, 5.41) is 0. The lowest BCUT2D eigenvalue weighted by atomic mass is 10.0. The summed E-state index contributed by atoms with van der Waals surface area (Å²) in [7, 11) is 0. The van der Waals surface area contributed by atoms with E-state index in [1.54, 1.807) is 12.3 Å². The minimum atomic E-state index is 0.0148. The molecule has 1 heterocycles. The Balaban J connectivity index is 2.39. The molecule has 0 radical (unpaired) electrons. The molecule has 0 amide bonds. The van der Waals surface area contributed by atoms with Crippen molar-refractivity contribution >= 4 is 5.78 Å². The van der Waals surface area contributed by atoms with E-state index in [0.717, 1.165) is 16.8 Å². The zero-order chi connectivity index (χ0) is 12.3. The number of nitrogens with zero attached hydrogens (tertiary/aromatic N) is 1. The van der Waals surface area contributed by atoms with Gasteiger partial charge in [-0.2, -0.15) is 0 Å². The molecule has 0 spiro atoms. The summed E-state index contributed by atoms with van der Waals surface area (Å²) in [6.07, 6.45) is 1.69. The van der Waals surface area contributed by atoms with Gasteiger partial charge in [-0.05, 0) is 12.1 Å². The average molecular weight is 225 g/mol. The van der Waals surface area contributed by atoms with Crippen LogP contribution in [0.2, 0.25) is 0 Å². The Bertz CT molecular complexity index is 517. The fraction of sp³-hybridized carbons (Fsp3) is 0.200. The number of Topliss-reactive ketones (excluding diaryl/α,β-unsaturated/α-hetero) is 1. The van der Waals surface area contributed by atoms with Gasteiger partial charge in [-0.25, -0.2) is 0 Å². The van der Waals surface area contributed by atoms with Crippen LogP contribution in [0.5, 0.6) is 0 Å². The maximum absolute atomic E-state index is 11.9. The lowest BCUT2D eigenvalue weighted by Gasteiger charge is -2.06. The normalized spacial score (nSPS) is 10.5. The Morgan fingerprint density at radius 2 is 1.82 bits per heavy atom. The molecule has 0 fully saturated rings. The van der Waals surface area contributed by atoms with Gasteiger partial charge in [0, 0.05) is 23.2 Å². The highest BCUT2D eigenvalue weighted by atomic mass is 16.1. The molecule has 0 bridgehead atoms. The summed E-state index contributed by atoms with van der Waals surface area (Å²) in [6, 6.07) is 13.5. The van der Waals surface area contributed by atoms with Crippen LogP contribution in [0.4, 0.5) is 0 Å². The fourth-order valence-corrected chi connectivity index (χ4v) is 1.68. The molecule has 0 saturated carbocycles. The number of ketones is 1. The van der Waals surface area contributed by atoms with E-state index in [2.05, 4.69) is 4.98 Å². The molecule has 2 nitrogen and oxygen atoms in total. The topological polar surface area (TPSA) is 30.0 Å². The van der Waals surface area contributed by atoms with Gasteiger partial charge in [0.25, 0.3) is 0 Å². The summed E-state index contributed by atoms with van der Waals surface area (Å²) in [6.45, 7) is 3.82. The molecule has 0 aliphatic carbocycles. The Hall–Kier alpha value is -1.96. The van der Waals surface area contributed by atoms with Gasteiger partial charge < -0.3 is 0 Å². The molecule has 0 aliphatic rings. The Morgan fingerprint density at radius 1 is 1.12 bits per heavy atom. The minimum Gasteiger partial charge on any atom is -0.294 e. The van der Waals surface area contributed by atoms with Crippen molar-refractivity contribution in [2.24, 2.45) is 5.92 Å². The van der Waals surface area contributed by atoms with Crippen molar-refractivity contribution < 1.29 is 4.79 Å². The Morgan fingerprint density at radius 3 is 2.47 bits per heavy atom. The second-order valence-corrected chi connectivity index (χ2v) is 4.31. The van der Waals surface area contributed by atoms with Crippen molar-refractivity contribution in [1.82, 2.24) is 4.98 Å². The Labute approximate surface area is 101 Å². The van der Waals surface area contributed by atoms with Crippen LogP contribution >= 0.6 is 0 Å². The number of hydrogen-bond donors (Lipinski definition) is 0. The van der Waals surface area contributed by atoms with Gasteiger partial charge >= 0.3 is 0 Å². The van der Waals surface area contributed by atoms with Gasteiger partial charge in [-0.15, -0.1) is 0 Å². The van der Waals surface area contributed by atoms with Crippen molar-refractivity contribution in [1.29, 1.82) is 0 Å². The van der Waals surface area contributed by atoms with Crippen molar-refractivity contribution in [2.75, 3.05) is 0 Å². The van der Waals surface area contributed by atoms with Crippen LogP contribution in [0, 0.1) is 5.92 Å². The average Bonchev–Trinajstić information content (AvgIpc) is 2.39. The SMILES string of the molecule is CC(C)C(=O)c1ccnc(-c2ccccc2)c1.